The highest BCUT2D eigenvalue weighted by atomic mass is 16.4. The molecule has 0 saturated carbocycles. The largest absolute Gasteiger partial charge is 0.481 e. The van der Waals surface area contributed by atoms with Gasteiger partial charge in [-0.05, 0) is 29.5 Å². The van der Waals surface area contributed by atoms with Gasteiger partial charge in [-0.1, -0.05) is 62.4 Å². The molecule has 2 aromatic rings. The van der Waals surface area contributed by atoms with Gasteiger partial charge in [0.15, 0.2) is 0 Å². The van der Waals surface area contributed by atoms with Crippen LogP contribution in [0.5, 0.6) is 0 Å². The van der Waals surface area contributed by atoms with Gasteiger partial charge in [-0.25, -0.2) is 0 Å². The molecular formula is C19H19NO2. The Bertz CT molecular complexity index is 701. The van der Waals surface area contributed by atoms with Crippen molar-refractivity contribution in [2.24, 2.45) is 5.92 Å². The number of hydrogen-bond donors (Lipinski definition) is 1. The maximum atomic E-state index is 12.2. The number of rotatable bonds is 5. The van der Waals surface area contributed by atoms with Crippen molar-refractivity contribution in [3.63, 3.8) is 0 Å². The van der Waals surface area contributed by atoms with E-state index in [0.717, 1.165) is 11.1 Å². The van der Waals surface area contributed by atoms with Crippen LogP contribution in [0.2, 0.25) is 0 Å². The SMILES string of the molecule is CC(C)[C@](Cc1ccccc1C#N)(C(=O)O)c1ccccc1. The molecule has 0 saturated heterocycles. The zero-order valence-corrected chi connectivity index (χ0v) is 12.8. The average molecular weight is 293 g/mol. The van der Waals surface area contributed by atoms with Crippen LogP contribution in [0.25, 0.3) is 0 Å². The van der Waals surface area contributed by atoms with E-state index in [1.807, 2.05) is 56.3 Å². The lowest BCUT2D eigenvalue weighted by Crippen LogP contribution is -2.43. The summed E-state index contributed by atoms with van der Waals surface area (Å²) < 4.78 is 0. The molecule has 0 radical (unpaired) electrons. The maximum Gasteiger partial charge on any atom is 0.314 e. The van der Waals surface area contributed by atoms with Crippen molar-refractivity contribution in [2.45, 2.75) is 25.7 Å². The van der Waals surface area contributed by atoms with Crippen LogP contribution in [0.3, 0.4) is 0 Å². The molecule has 1 atom stereocenters. The fraction of sp³-hybridized carbons (Fsp3) is 0.263. The smallest absolute Gasteiger partial charge is 0.314 e. The van der Waals surface area contributed by atoms with Crippen LogP contribution >= 0.6 is 0 Å². The predicted molar refractivity (Wildman–Crippen MR) is 85.5 cm³/mol. The molecule has 22 heavy (non-hydrogen) atoms. The minimum Gasteiger partial charge on any atom is -0.481 e. The minimum absolute atomic E-state index is 0.112. The van der Waals surface area contributed by atoms with E-state index in [-0.39, 0.29) is 5.92 Å². The maximum absolute atomic E-state index is 12.2. The van der Waals surface area contributed by atoms with Crippen molar-refractivity contribution in [3.05, 3.63) is 71.3 Å². The van der Waals surface area contributed by atoms with Crippen LogP contribution < -0.4 is 0 Å². The van der Waals surface area contributed by atoms with Crippen LogP contribution in [-0.4, -0.2) is 11.1 Å². The molecule has 0 aliphatic rings. The Hall–Kier alpha value is -2.60. The number of carbonyl (C=O) groups is 1. The standard InChI is InChI=1S/C19H19NO2/c1-14(2)19(18(21)22,17-10-4-3-5-11-17)12-15-8-6-7-9-16(15)13-20/h3-11,14H,12H2,1-2H3,(H,21,22)/t19-/m0/s1. The number of hydrogen-bond acceptors (Lipinski definition) is 2. The summed E-state index contributed by atoms with van der Waals surface area (Å²) in [4.78, 5) is 12.2. The molecule has 2 rings (SSSR count). The topological polar surface area (TPSA) is 61.1 Å². The van der Waals surface area contributed by atoms with Crippen LogP contribution in [0.1, 0.15) is 30.5 Å². The Kier molecular flexibility index (Phi) is 4.62. The van der Waals surface area contributed by atoms with E-state index in [1.54, 1.807) is 12.1 Å². The molecule has 0 aromatic heterocycles. The Morgan fingerprint density at radius 1 is 1.14 bits per heavy atom. The zero-order valence-electron chi connectivity index (χ0n) is 12.8. The van der Waals surface area contributed by atoms with E-state index >= 15 is 0 Å². The van der Waals surface area contributed by atoms with Crippen LogP contribution in [-0.2, 0) is 16.6 Å². The van der Waals surface area contributed by atoms with Crippen molar-refractivity contribution in [1.82, 2.24) is 0 Å². The summed E-state index contributed by atoms with van der Waals surface area (Å²) >= 11 is 0. The molecule has 0 bridgehead atoms. The molecular weight excluding hydrogens is 274 g/mol. The molecule has 0 unspecified atom stereocenters. The van der Waals surface area contributed by atoms with E-state index in [4.69, 9.17) is 0 Å². The average Bonchev–Trinajstić information content (AvgIpc) is 2.53. The molecule has 1 N–H and O–H groups in total. The first-order chi connectivity index (χ1) is 10.5. The molecule has 0 amide bonds. The molecule has 3 heteroatoms. The molecule has 3 nitrogen and oxygen atoms in total. The second-order valence-corrected chi connectivity index (χ2v) is 5.74. The van der Waals surface area contributed by atoms with Crippen molar-refractivity contribution >= 4 is 5.97 Å². The van der Waals surface area contributed by atoms with Crippen molar-refractivity contribution in [1.29, 1.82) is 5.26 Å². The summed E-state index contributed by atoms with van der Waals surface area (Å²) in [5, 5.41) is 19.3. The quantitative estimate of drug-likeness (QED) is 0.912. The summed E-state index contributed by atoms with van der Waals surface area (Å²) in [7, 11) is 0. The molecule has 2 aromatic carbocycles. The first-order valence-electron chi connectivity index (χ1n) is 7.29. The Balaban J connectivity index is 2.60. The van der Waals surface area contributed by atoms with Gasteiger partial charge in [-0.15, -0.1) is 0 Å². The van der Waals surface area contributed by atoms with Gasteiger partial charge in [0.05, 0.1) is 17.0 Å². The fourth-order valence-electron chi connectivity index (χ4n) is 2.91. The van der Waals surface area contributed by atoms with Gasteiger partial charge in [-0.2, -0.15) is 5.26 Å². The lowest BCUT2D eigenvalue weighted by Gasteiger charge is -2.34. The van der Waals surface area contributed by atoms with Crippen LogP contribution in [0.15, 0.2) is 54.6 Å². The minimum atomic E-state index is -1.05. The Morgan fingerprint density at radius 2 is 1.73 bits per heavy atom. The Labute approximate surface area is 130 Å². The number of nitrogens with zero attached hydrogens (tertiary/aromatic N) is 1. The molecule has 0 heterocycles. The third-order valence-corrected chi connectivity index (χ3v) is 4.26. The van der Waals surface area contributed by atoms with Crippen molar-refractivity contribution in [2.75, 3.05) is 0 Å². The lowest BCUT2D eigenvalue weighted by atomic mass is 9.67. The normalized spacial score (nSPS) is 13.4. The molecule has 112 valence electrons. The summed E-state index contributed by atoms with van der Waals surface area (Å²) in [6, 6.07) is 18.6. The van der Waals surface area contributed by atoms with Crippen LogP contribution in [0.4, 0.5) is 0 Å². The highest BCUT2D eigenvalue weighted by molar-refractivity contribution is 5.82. The van der Waals surface area contributed by atoms with E-state index in [1.165, 1.54) is 0 Å². The van der Waals surface area contributed by atoms with E-state index in [2.05, 4.69) is 6.07 Å². The summed E-state index contributed by atoms with van der Waals surface area (Å²) in [6.07, 6.45) is 0.299. The highest BCUT2D eigenvalue weighted by Gasteiger charge is 2.43. The second kappa shape index (κ2) is 6.44. The van der Waals surface area contributed by atoms with E-state index < -0.39 is 11.4 Å². The monoisotopic (exact) mass is 293 g/mol. The second-order valence-electron chi connectivity index (χ2n) is 5.74. The van der Waals surface area contributed by atoms with Gasteiger partial charge >= 0.3 is 5.97 Å². The zero-order chi connectivity index (χ0) is 16.2. The van der Waals surface area contributed by atoms with Gasteiger partial charge in [-0.3, -0.25) is 4.79 Å². The number of aliphatic carboxylic acids is 1. The predicted octanol–water partition coefficient (Wildman–Crippen LogP) is 3.78. The van der Waals surface area contributed by atoms with Gasteiger partial charge < -0.3 is 5.11 Å². The number of carboxylic acids is 1. The molecule has 0 aliphatic heterocycles. The first kappa shape index (κ1) is 15.8. The summed E-state index contributed by atoms with van der Waals surface area (Å²) in [5.74, 6) is -0.972. The molecule has 0 aliphatic carbocycles. The number of carboxylic acid groups (broad SMARTS) is 1. The van der Waals surface area contributed by atoms with E-state index in [9.17, 15) is 15.2 Å². The lowest BCUT2D eigenvalue weighted by molar-refractivity contribution is -0.145. The third kappa shape index (κ3) is 2.73. The summed E-state index contributed by atoms with van der Waals surface area (Å²) in [5.41, 5.74) is 1.02. The fourth-order valence-corrected chi connectivity index (χ4v) is 2.91. The van der Waals surface area contributed by atoms with Gasteiger partial charge in [0.1, 0.15) is 0 Å². The van der Waals surface area contributed by atoms with E-state index in [0.29, 0.717) is 12.0 Å². The molecule has 0 spiro atoms. The molecule has 0 fully saturated rings. The van der Waals surface area contributed by atoms with Gasteiger partial charge in [0.25, 0.3) is 0 Å². The Morgan fingerprint density at radius 3 is 2.27 bits per heavy atom. The summed E-state index contributed by atoms with van der Waals surface area (Å²) in [6.45, 7) is 3.83. The van der Waals surface area contributed by atoms with Gasteiger partial charge in [0, 0.05) is 0 Å². The highest BCUT2D eigenvalue weighted by Crippen LogP contribution is 2.37. The van der Waals surface area contributed by atoms with Gasteiger partial charge in [0.2, 0.25) is 0 Å². The third-order valence-electron chi connectivity index (χ3n) is 4.26. The van der Waals surface area contributed by atoms with Crippen molar-refractivity contribution < 1.29 is 9.90 Å². The van der Waals surface area contributed by atoms with Crippen LogP contribution in [0, 0.1) is 17.2 Å². The number of nitriles is 1. The van der Waals surface area contributed by atoms with Crippen molar-refractivity contribution in [3.8, 4) is 6.07 Å². The first-order valence-corrected chi connectivity index (χ1v) is 7.29. The number of benzene rings is 2.